The number of aromatic nitrogens is 2. The molecule has 0 amide bonds. The molecule has 0 radical (unpaired) electrons. The molecule has 1 saturated carbocycles. The molecule has 2 aromatic rings. The van der Waals surface area contributed by atoms with Crippen molar-refractivity contribution >= 4 is 22.6 Å². The number of nitrogens with one attached hydrogen (secondary N) is 1. The maximum Gasteiger partial charge on any atom is 0.145 e. The predicted molar refractivity (Wildman–Crippen MR) is 70.4 cm³/mol. The summed E-state index contributed by atoms with van der Waals surface area (Å²) in [7, 11) is 0. The molecule has 4 heteroatoms. The van der Waals surface area contributed by atoms with E-state index in [2.05, 4.69) is 15.3 Å². The molecule has 0 bridgehead atoms. The van der Waals surface area contributed by atoms with Crippen molar-refractivity contribution in [3.63, 3.8) is 0 Å². The third kappa shape index (κ3) is 2.32. The minimum absolute atomic E-state index is 0.346. The van der Waals surface area contributed by atoms with Gasteiger partial charge in [0, 0.05) is 18.9 Å². The number of hydrogen-bond donors (Lipinski definition) is 1. The van der Waals surface area contributed by atoms with Crippen LogP contribution in [0.2, 0.25) is 0 Å². The van der Waals surface area contributed by atoms with Crippen molar-refractivity contribution in [2.24, 2.45) is 0 Å². The fraction of sp³-hybridized carbons (Fsp3) is 0.357. The molecule has 0 aliphatic heterocycles. The van der Waals surface area contributed by atoms with Gasteiger partial charge in [-0.15, -0.1) is 0 Å². The number of rotatable bonds is 2. The Labute approximate surface area is 105 Å². The van der Waals surface area contributed by atoms with Gasteiger partial charge in [-0.2, -0.15) is 0 Å². The lowest BCUT2D eigenvalue weighted by Gasteiger charge is -2.22. The molecule has 1 aromatic carbocycles. The van der Waals surface area contributed by atoms with Crippen LogP contribution in [0.15, 0.2) is 30.5 Å². The van der Waals surface area contributed by atoms with Gasteiger partial charge in [0.05, 0.1) is 17.2 Å². The molecular formula is C14H15N3O. The van der Waals surface area contributed by atoms with Crippen molar-refractivity contribution in [3.05, 3.63) is 30.5 Å². The number of anilines is 1. The molecular weight excluding hydrogens is 226 g/mol. The lowest BCUT2D eigenvalue weighted by molar-refractivity contribution is -0.120. The second-order valence-electron chi connectivity index (χ2n) is 4.70. The van der Waals surface area contributed by atoms with E-state index < -0.39 is 0 Å². The first-order valence-corrected chi connectivity index (χ1v) is 6.31. The highest BCUT2D eigenvalue weighted by atomic mass is 16.1. The number of fused-ring (bicyclic) bond motifs is 1. The Morgan fingerprint density at radius 3 is 2.61 bits per heavy atom. The van der Waals surface area contributed by atoms with Crippen molar-refractivity contribution in [2.75, 3.05) is 5.32 Å². The van der Waals surface area contributed by atoms with Crippen LogP contribution in [0.5, 0.6) is 0 Å². The Morgan fingerprint density at radius 2 is 1.83 bits per heavy atom. The van der Waals surface area contributed by atoms with Crippen LogP contribution in [0.3, 0.4) is 0 Å². The second kappa shape index (κ2) is 4.72. The van der Waals surface area contributed by atoms with E-state index in [9.17, 15) is 4.79 Å². The van der Waals surface area contributed by atoms with Gasteiger partial charge in [-0.05, 0) is 25.0 Å². The average Bonchev–Trinajstić information content (AvgIpc) is 2.41. The Morgan fingerprint density at radius 1 is 1.11 bits per heavy atom. The molecule has 3 rings (SSSR count). The Kier molecular flexibility index (Phi) is 2.92. The van der Waals surface area contributed by atoms with Crippen LogP contribution in [0.1, 0.15) is 25.7 Å². The zero-order chi connectivity index (χ0) is 12.4. The molecule has 1 aromatic heterocycles. The van der Waals surface area contributed by atoms with Gasteiger partial charge in [-0.3, -0.25) is 9.78 Å². The van der Waals surface area contributed by atoms with Crippen LogP contribution in [0.4, 0.5) is 5.82 Å². The number of ketones is 1. The summed E-state index contributed by atoms with van der Waals surface area (Å²) in [6, 6.07) is 8.17. The quantitative estimate of drug-likeness (QED) is 0.877. The number of para-hydroxylation sites is 2. The molecule has 0 spiro atoms. The van der Waals surface area contributed by atoms with Crippen molar-refractivity contribution in [2.45, 2.75) is 31.7 Å². The summed E-state index contributed by atoms with van der Waals surface area (Å²) in [5.74, 6) is 1.17. The van der Waals surface area contributed by atoms with E-state index in [1.165, 1.54) is 0 Å². The van der Waals surface area contributed by atoms with Crippen molar-refractivity contribution in [1.29, 1.82) is 0 Å². The van der Waals surface area contributed by atoms with Gasteiger partial charge in [0.15, 0.2) is 0 Å². The molecule has 1 aliphatic carbocycles. The molecule has 1 N–H and O–H groups in total. The summed E-state index contributed by atoms with van der Waals surface area (Å²) in [5.41, 5.74) is 1.80. The summed E-state index contributed by atoms with van der Waals surface area (Å²) in [4.78, 5) is 20.1. The van der Waals surface area contributed by atoms with Gasteiger partial charge in [-0.1, -0.05) is 12.1 Å². The summed E-state index contributed by atoms with van der Waals surface area (Å²) in [5, 5.41) is 3.37. The zero-order valence-electron chi connectivity index (χ0n) is 10.1. The molecule has 0 atom stereocenters. The highest BCUT2D eigenvalue weighted by Gasteiger charge is 2.18. The monoisotopic (exact) mass is 241 g/mol. The first-order valence-electron chi connectivity index (χ1n) is 6.31. The number of Topliss-reactive ketones (excluding diaryl/α,β-unsaturated/α-hetero) is 1. The van der Waals surface area contributed by atoms with Gasteiger partial charge in [0.2, 0.25) is 0 Å². The standard InChI is InChI=1S/C14H15N3O/c18-11-7-5-10(6-8-11)16-14-9-15-12-3-1-2-4-13(12)17-14/h1-4,9-10H,5-8H2,(H,16,17). The molecule has 1 heterocycles. The van der Waals surface area contributed by atoms with Crippen LogP contribution in [0, 0.1) is 0 Å². The number of nitrogens with zero attached hydrogens (tertiary/aromatic N) is 2. The largest absolute Gasteiger partial charge is 0.366 e. The van der Waals surface area contributed by atoms with Crippen LogP contribution >= 0.6 is 0 Å². The third-order valence-electron chi connectivity index (χ3n) is 3.34. The summed E-state index contributed by atoms with van der Waals surface area (Å²) in [6.45, 7) is 0. The molecule has 0 saturated heterocycles. The first-order chi connectivity index (χ1) is 8.81. The normalized spacial score (nSPS) is 17.0. The lowest BCUT2D eigenvalue weighted by Crippen LogP contribution is -2.26. The highest BCUT2D eigenvalue weighted by molar-refractivity contribution is 5.79. The second-order valence-corrected chi connectivity index (χ2v) is 4.70. The number of benzene rings is 1. The Balaban J connectivity index is 1.76. The van der Waals surface area contributed by atoms with Crippen molar-refractivity contribution in [1.82, 2.24) is 9.97 Å². The fourth-order valence-corrected chi connectivity index (χ4v) is 2.32. The van der Waals surface area contributed by atoms with E-state index in [4.69, 9.17) is 0 Å². The van der Waals surface area contributed by atoms with E-state index in [1.54, 1.807) is 6.20 Å². The van der Waals surface area contributed by atoms with Gasteiger partial charge in [0.1, 0.15) is 11.6 Å². The zero-order valence-corrected chi connectivity index (χ0v) is 10.1. The lowest BCUT2D eigenvalue weighted by atomic mass is 9.94. The van der Waals surface area contributed by atoms with Crippen LogP contribution in [0.25, 0.3) is 11.0 Å². The SMILES string of the molecule is O=C1CCC(Nc2cnc3ccccc3n2)CC1. The predicted octanol–water partition coefficient (Wildman–Crippen LogP) is 2.55. The number of carbonyl (C=O) groups excluding carboxylic acids is 1. The Hall–Kier alpha value is -1.97. The average molecular weight is 241 g/mol. The summed E-state index contributed by atoms with van der Waals surface area (Å²) < 4.78 is 0. The smallest absolute Gasteiger partial charge is 0.145 e. The summed E-state index contributed by atoms with van der Waals surface area (Å²) in [6.07, 6.45) is 4.91. The van der Waals surface area contributed by atoms with Crippen molar-refractivity contribution in [3.8, 4) is 0 Å². The molecule has 1 fully saturated rings. The van der Waals surface area contributed by atoms with E-state index >= 15 is 0 Å². The van der Waals surface area contributed by atoms with Crippen LogP contribution < -0.4 is 5.32 Å². The fourth-order valence-electron chi connectivity index (χ4n) is 2.32. The highest BCUT2D eigenvalue weighted by Crippen LogP contribution is 2.19. The third-order valence-corrected chi connectivity index (χ3v) is 3.34. The van der Waals surface area contributed by atoms with E-state index in [-0.39, 0.29) is 0 Å². The Bertz CT molecular complexity index is 572. The minimum Gasteiger partial charge on any atom is -0.366 e. The van der Waals surface area contributed by atoms with E-state index in [0.29, 0.717) is 24.7 Å². The first kappa shape index (κ1) is 11.1. The number of hydrogen-bond acceptors (Lipinski definition) is 4. The maximum absolute atomic E-state index is 11.2. The summed E-state index contributed by atoms with van der Waals surface area (Å²) >= 11 is 0. The van der Waals surface area contributed by atoms with E-state index in [0.717, 1.165) is 29.7 Å². The topological polar surface area (TPSA) is 54.9 Å². The van der Waals surface area contributed by atoms with Crippen LogP contribution in [-0.2, 0) is 4.79 Å². The minimum atomic E-state index is 0.346. The van der Waals surface area contributed by atoms with Crippen LogP contribution in [-0.4, -0.2) is 21.8 Å². The molecule has 92 valence electrons. The molecule has 18 heavy (non-hydrogen) atoms. The number of carbonyl (C=O) groups is 1. The van der Waals surface area contributed by atoms with Gasteiger partial charge < -0.3 is 5.32 Å². The van der Waals surface area contributed by atoms with Gasteiger partial charge in [-0.25, -0.2) is 4.98 Å². The molecule has 0 unspecified atom stereocenters. The molecule has 1 aliphatic rings. The maximum atomic E-state index is 11.2. The van der Waals surface area contributed by atoms with Gasteiger partial charge >= 0.3 is 0 Å². The van der Waals surface area contributed by atoms with Crippen molar-refractivity contribution < 1.29 is 4.79 Å². The van der Waals surface area contributed by atoms with Gasteiger partial charge in [0.25, 0.3) is 0 Å². The molecule has 4 nitrogen and oxygen atoms in total. The van der Waals surface area contributed by atoms with E-state index in [1.807, 2.05) is 24.3 Å².